The lowest BCUT2D eigenvalue weighted by atomic mass is 9.85. The van der Waals surface area contributed by atoms with E-state index in [-0.39, 0.29) is 17.8 Å². The minimum absolute atomic E-state index is 0.0334. The average molecular weight is 316 g/mol. The normalized spacial score (nSPS) is 27.1. The Balaban J connectivity index is 1.37. The number of imidazole rings is 1. The predicted octanol–water partition coefficient (Wildman–Crippen LogP) is 2.24. The van der Waals surface area contributed by atoms with E-state index in [1.165, 1.54) is 37.8 Å². The summed E-state index contributed by atoms with van der Waals surface area (Å²) >= 11 is 0. The van der Waals surface area contributed by atoms with E-state index in [1.807, 2.05) is 0 Å². The fourth-order valence-electron chi connectivity index (χ4n) is 3.93. The smallest absolute Gasteiger partial charge is 0.237 e. The summed E-state index contributed by atoms with van der Waals surface area (Å²) in [7, 11) is 0. The molecule has 5 nitrogen and oxygen atoms in total. The number of benzene rings is 1. The molecule has 3 N–H and O–H groups in total. The Morgan fingerprint density at radius 3 is 3.09 bits per heavy atom. The molecule has 2 heterocycles. The lowest BCUT2D eigenvalue weighted by molar-refractivity contribution is -0.123. The maximum atomic E-state index is 13.2. The Morgan fingerprint density at radius 1 is 1.35 bits per heavy atom. The van der Waals surface area contributed by atoms with Gasteiger partial charge in [-0.15, -0.1) is 0 Å². The first-order chi connectivity index (χ1) is 11.2. The molecule has 1 amide bonds. The van der Waals surface area contributed by atoms with Gasteiger partial charge in [0.1, 0.15) is 11.6 Å². The van der Waals surface area contributed by atoms with Crippen molar-refractivity contribution in [1.29, 1.82) is 0 Å². The molecule has 1 saturated carbocycles. The van der Waals surface area contributed by atoms with Crippen LogP contribution in [0.4, 0.5) is 4.39 Å². The van der Waals surface area contributed by atoms with Gasteiger partial charge in [0.15, 0.2) is 0 Å². The molecular weight excluding hydrogens is 295 g/mol. The largest absolute Gasteiger partial charge is 0.348 e. The van der Waals surface area contributed by atoms with Gasteiger partial charge in [0.05, 0.1) is 23.6 Å². The highest BCUT2D eigenvalue weighted by molar-refractivity contribution is 5.82. The topological polar surface area (TPSA) is 69.8 Å². The molecule has 0 spiro atoms. The summed E-state index contributed by atoms with van der Waals surface area (Å²) in [6.45, 7) is 0.336. The average Bonchev–Trinajstić information content (AvgIpc) is 3.15. The van der Waals surface area contributed by atoms with Crippen LogP contribution in [0.25, 0.3) is 11.0 Å². The molecule has 0 radical (unpaired) electrons. The number of carbonyl (C=O) groups excluding carboxylic acids is 1. The zero-order valence-electron chi connectivity index (χ0n) is 12.9. The molecular formula is C17H21FN4O. The van der Waals surface area contributed by atoms with Gasteiger partial charge in [-0.1, -0.05) is 12.8 Å². The van der Waals surface area contributed by atoms with E-state index in [0.29, 0.717) is 35.4 Å². The molecule has 0 bridgehead atoms. The van der Waals surface area contributed by atoms with Gasteiger partial charge in [-0.2, -0.15) is 0 Å². The van der Waals surface area contributed by atoms with Crippen LogP contribution in [0.15, 0.2) is 18.2 Å². The van der Waals surface area contributed by atoms with Gasteiger partial charge in [-0.3, -0.25) is 4.79 Å². The number of aromatic amines is 1. The van der Waals surface area contributed by atoms with E-state index in [2.05, 4.69) is 20.6 Å². The molecule has 3 atom stereocenters. The van der Waals surface area contributed by atoms with E-state index in [1.54, 1.807) is 6.07 Å². The summed E-state index contributed by atoms with van der Waals surface area (Å²) in [6.07, 6.45) is 5.90. The number of hydrogen-bond donors (Lipinski definition) is 3. The zero-order chi connectivity index (χ0) is 15.8. The first-order valence-electron chi connectivity index (χ1n) is 8.37. The van der Waals surface area contributed by atoms with E-state index in [4.69, 9.17) is 0 Å². The van der Waals surface area contributed by atoms with E-state index < -0.39 is 0 Å². The minimum Gasteiger partial charge on any atom is -0.348 e. The van der Waals surface area contributed by atoms with Gasteiger partial charge in [0.2, 0.25) is 5.91 Å². The molecule has 1 aromatic carbocycles. The van der Waals surface area contributed by atoms with Gasteiger partial charge < -0.3 is 15.6 Å². The van der Waals surface area contributed by atoms with Crippen molar-refractivity contribution in [2.45, 2.75) is 50.7 Å². The molecule has 4 rings (SSSR count). The Hall–Kier alpha value is -1.95. The fourth-order valence-corrected chi connectivity index (χ4v) is 3.93. The molecule has 1 aliphatic heterocycles. The molecule has 2 aromatic rings. The highest BCUT2D eigenvalue weighted by Crippen LogP contribution is 2.33. The molecule has 3 unspecified atom stereocenters. The Kier molecular flexibility index (Phi) is 3.77. The number of carbonyl (C=O) groups is 1. The Morgan fingerprint density at radius 2 is 2.22 bits per heavy atom. The standard InChI is InChI=1S/C17H21FN4O/c18-11-5-6-13-14(8-11)22-16(21-13)9-19-17(23)15-7-10-3-1-2-4-12(10)20-15/h5-6,8,10,12,15,20H,1-4,7,9H2,(H,19,23)(H,21,22). The van der Waals surface area contributed by atoms with E-state index in [9.17, 15) is 9.18 Å². The van der Waals surface area contributed by atoms with Gasteiger partial charge in [0.25, 0.3) is 0 Å². The monoisotopic (exact) mass is 316 g/mol. The number of fused-ring (bicyclic) bond motifs is 2. The van der Waals surface area contributed by atoms with Crippen molar-refractivity contribution in [3.8, 4) is 0 Å². The number of aromatic nitrogens is 2. The van der Waals surface area contributed by atoms with Crippen LogP contribution in [0, 0.1) is 11.7 Å². The van der Waals surface area contributed by atoms with Gasteiger partial charge >= 0.3 is 0 Å². The second-order valence-corrected chi connectivity index (χ2v) is 6.67. The lowest BCUT2D eigenvalue weighted by Gasteiger charge is -2.24. The summed E-state index contributed by atoms with van der Waals surface area (Å²) in [6, 6.07) is 4.85. The predicted molar refractivity (Wildman–Crippen MR) is 85.2 cm³/mol. The number of hydrogen-bond acceptors (Lipinski definition) is 3. The molecule has 1 saturated heterocycles. The van der Waals surface area contributed by atoms with Crippen molar-refractivity contribution < 1.29 is 9.18 Å². The fraction of sp³-hybridized carbons (Fsp3) is 0.529. The zero-order valence-corrected chi connectivity index (χ0v) is 12.9. The SMILES string of the molecule is O=C(NCc1nc2ccc(F)cc2[nH]1)C1CC2CCCCC2N1. The van der Waals surface area contributed by atoms with Crippen LogP contribution in [0.5, 0.6) is 0 Å². The number of nitrogens with one attached hydrogen (secondary N) is 3. The number of halogens is 1. The maximum absolute atomic E-state index is 13.2. The molecule has 1 aromatic heterocycles. The van der Waals surface area contributed by atoms with E-state index >= 15 is 0 Å². The number of nitrogens with zero attached hydrogens (tertiary/aromatic N) is 1. The lowest BCUT2D eigenvalue weighted by Crippen LogP contribution is -2.43. The first kappa shape index (κ1) is 14.6. The Labute approximate surface area is 134 Å². The van der Waals surface area contributed by atoms with Crippen molar-refractivity contribution in [2.24, 2.45) is 5.92 Å². The van der Waals surface area contributed by atoms with Gasteiger partial charge in [-0.25, -0.2) is 9.37 Å². The van der Waals surface area contributed by atoms with Crippen LogP contribution >= 0.6 is 0 Å². The third kappa shape index (κ3) is 2.95. The number of amides is 1. The van der Waals surface area contributed by atoms with Crippen LogP contribution < -0.4 is 10.6 Å². The summed E-state index contributed by atoms with van der Waals surface area (Å²) < 4.78 is 13.2. The molecule has 23 heavy (non-hydrogen) atoms. The molecule has 1 aliphatic carbocycles. The van der Waals surface area contributed by atoms with Crippen molar-refractivity contribution in [2.75, 3.05) is 0 Å². The van der Waals surface area contributed by atoms with Crippen molar-refractivity contribution >= 4 is 16.9 Å². The third-order valence-corrected chi connectivity index (χ3v) is 5.10. The van der Waals surface area contributed by atoms with Crippen LogP contribution in [0.1, 0.15) is 37.9 Å². The van der Waals surface area contributed by atoms with Crippen LogP contribution in [-0.2, 0) is 11.3 Å². The van der Waals surface area contributed by atoms with E-state index in [0.717, 1.165) is 6.42 Å². The van der Waals surface area contributed by atoms with Crippen molar-refractivity contribution in [1.82, 2.24) is 20.6 Å². The van der Waals surface area contributed by atoms with Gasteiger partial charge in [-0.05, 0) is 43.4 Å². The van der Waals surface area contributed by atoms with Crippen molar-refractivity contribution in [3.05, 3.63) is 29.8 Å². The summed E-state index contributed by atoms with van der Waals surface area (Å²) in [5, 5.41) is 6.41. The summed E-state index contributed by atoms with van der Waals surface area (Å²) in [5.74, 6) is 1.03. The summed E-state index contributed by atoms with van der Waals surface area (Å²) in [4.78, 5) is 19.8. The van der Waals surface area contributed by atoms with Gasteiger partial charge in [0, 0.05) is 6.04 Å². The van der Waals surface area contributed by atoms with Crippen LogP contribution in [0.2, 0.25) is 0 Å². The third-order valence-electron chi connectivity index (χ3n) is 5.10. The molecule has 6 heteroatoms. The van der Waals surface area contributed by atoms with Crippen LogP contribution in [0.3, 0.4) is 0 Å². The quantitative estimate of drug-likeness (QED) is 0.813. The second kappa shape index (κ2) is 5.92. The maximum Gasteiger partial charge on any atom is 0.237 e. The summed E-state index contributed by atoms with van der Waals surface area (Å²) in [5.41, 5.74) is 1.36. The molecule has 2 fully saturated rings. The van der Waals surface area contributed by atoms with Crippen molar-refractivity contribution in [3.63, 3.8) is 0 Å². The molecule has 122 valence electrons. The first-order valence-corrected chi connectivity index (χ1v) is 8.37. The highest BCUT2D eigenvalue weighted by Gasteiger charge is 2.38. The second-order valence-electron chi connectivity index (χ2n) is 6.67. The highest BCUT2D eigenvalue weighted by atomic mass is 19.1. The number of rotatable bonds is 3. The minimum atomic E-state index is -0.297. The number of H-pyrrole nitrogens is 1. The molecule has 2 aliphatic rings. The Bertz CT molecular complexity index is 714. The van der Waals surface area contributed by atoms with Crippen LogP contribution in [-0.4, -0.2) is 28.0 Å².